The highest BCUT2D eigenvalue weighted by Crippen LogP contribution is 2.30. The van der Waals surface area contributed by atoms with Crippen LogP contribution in [0.25, 0.3) is 0 Å². The number of hydrogen-bond donors (Lipinski definition) is 0. The molecule has 0 saturated carbocycles. The maximum absolute atomic E-state index is 11.2. The average Bonchev–Trinajstić information content (AvgIpc) is 2.14. The molecule has 0 atom stereocenters. The predicted octanol–water partition coefficient (Wildman–Crippen LogP) is 2.69. The molecule has 0 N–H and O–H groups in total. The molecule has 1 aromatic rings. The molecule has 0 unspecified atom stereocenters. The monoisotopic (exact) mass is 375 g/mol. The van der Waals surface area contributed by atoms with E-state index in [1.807, 2.05) is 0 Å². The van der Waals surface area contributed by atoms with Gasteiger partial charge in [0.05, 0.1) is 13.4 Å². The van der Waals surface area contributed by atoms with E-state index in [0.29, 0.717) is 15.6 Å². The van der Waals surface area contributed by atoms with E-state index < -0.39 is 14.0 Å². The molecule has 16 heavy (non-hydrogen) atoms. The highest BCUT2D eigenvalue weighted by atomic mass is 127. The Morgan fingerprint density at radius 2 is 2.06 bits per heavy atom. The first kappa shape index (κ1) is 13.7. The summed E-state index contributed by atoms with van der Waals surface area (Å²) in [6, 6.07) is 2.47. The average molecular weight is 376 g/mol. The number of rotatable bonds is 3. The molecule has 0 bridgehead atoms. The first-order valence-electron chi connectivity index (χ1n) is 4.18. The van der Waals surface area contributed by atoms with Gasteiger partial charge in [-0.15, -0.1) is 0 Å². The van der Waals surface area contributed by atoms with Gasteiger partial charge in [-0.1, -0.05) is 6.92 Å². The fourth-order valence-electron chi connectivity index (χ4n) is 1.23. The van der Waals surface area contributed by atoms with Crippen LogP contribution in [0.1, 0.15) is 12.5 Å². The van der Waals surface area contributed by atoms with Gasteiger partial charge in [-0.05, 0) is 40.6 Å². The van der Waals surface area contributed by atoms with Crippen molar-refractivity contribution in [1.82, 2.24) is 0 Å². The number of aryl methyl sites for hydroxylation is 1. The maximum Gasteiger partial charge on any atom is 0.284 e. The van der Waals surface area contributed by atoms with E-state index in [2.05, 4.69) is 0 Å². The van der Waals surface area contributed by atoms with Gasteiger partial charge in [0.2, 0.25) is 0 Å². The predicted molar refractivity (Wildman–Crippen MR) is 68.2 cm³/mol. The molecule has 88 valence electrons. The standard InChI is InChI=1S/C8H7ClINO4S/c1-2-5-3-6(10)7(11(12)13)4-8(5)16(9,14)15/h3-4H,2H2,1H3. The Hall–Kier alpha value is -0.410. The van der Waals surface area contributed by atoms with E-state index >= 15 is 0 Å². The first-order chi connectivity index (χ1) is 7.27. The summed E-state index contributed by atoms with van der Waals surface area (Å²) >= 11 is 1.79. The van der Waals surface area contributed by atoms with Crippen molar-refractivity contribution in [3.63, 3.8) is 0 Å². The number of halogens is 2. The quantitative estimate of drug-likeness (QED) is 0.352. The Bertz CT molecular complexity index is 543. The van der Waals surface area contributed by atoms with Crippen LogP contribution in [-0.2, 0) is 15.5 Å². The van der Waals surface area contributed by atoms with Gasteiger partial charge in [0, 0.05) is 16.7 Å². The Labute approximate surface area is 111 Å². The summed E-state index contributed by atoms with van der Waals surface area (Å²) in [4.78, 5) is 9.84. The second-order valence-electron chi connectivity index (χ2n) is 2.96. The van der Waals surface area contributed by atoms with E-state index in [0.717, 1.165) is 6.07 Å². The fraction of sp³-hybridized carbons (Fsp3) is 0.250. The summed E-state index contributed by atoms with van der Waals surface area (Å²) in [5, 5.41) is 10.7. The number of hydrogen-bond acceptors (Lipinski definition) is 4. The van der Waals surface area contributed by atoms with Gasteiger partial charge in [-0.25, -0.2) is 8.42 Å². The van der Waals surface area contributed by atoms with Crippen molar-refractivity contribution in [2.45, 2.75) is 18.2 Å². The van der Waals surface area contributed by atoms with E-state index in [-0.39, 0.29) is 10.6 Å². The van der Waals surface area contributed by atoms with Crippen LogP contribution < -0.4 is 0 Å². The zero-order valence-electron chi connectivity index (χ0n) is 8.11. The highest BCUT2D eigenvalue weighted by Gasteiger charge is 2.22. The van der Waals surface area contributed by atoms with Crippen molar-refractivity contribution in [1.29, 1.82) is 0 Å². The second kappa shape index (κ2) is 4.84. The first-order valence-corrected chi connectivity index (χ1v) is 7.57. The molecule has 8 heteroatoms. The Morgan fingerprint density at radius 3 is 2.44 bits per heavy atom. The van der Waals surface area contributed by atoms with Gasteiger partial charge in [0.15, 0.2) is 0 Å². The molecule has 0 fully saturated rings. The van der Waals surface area contributed by atoms with Gasteiger partial charge in [0.25, 0.3) is 14.7 Å². The van der Waals surface area contributed by atoms with Gasteiger partial charge in [-0.3, -0.25) is 10.1 Å². The van der Waals surface area contributed by atoms with Crippen molar-refractivity contribution < 1.29 is 13.3 Å². The molecular weight excluding hydrogens is 369 g/mol. The molecule has 0 aliphatic rings. The molecular formula is C8H7ClINO4S. The SMILES string of the molecule is CCc1cc(I)c([N+](=O)[O-])cc1S(=O)(=O)Cl. The molecule has 0 spiro atoms. The lowest BCUT2D eigenvalue weighted by Gasteiger charge is -2.05. The Morgan fingerprint density at radius 1 is 1.50 bits per heavy atom. The fourth-order valence-corrected chi connectivity index (χ4v) is 3.16. The zero-order chi connectivity index (χ0) is 12.5. The van der Waals surface area contributed by atoms with Gasteiger partial charge in [0.1, 0.15) is 0 Å². The van der Waals surface area contributed by atoms with Crippen molar-refractivity contribution in [2.75, 3.05) is 0 Å². The van der Waals surface area contributed by atoms with Crippen LogP contribution in [0.3, 0.4) is 0 Å². The minimum Gasteiger partial charge on any atom is -0.258 e. The second-order valence-corrected chi connectivity index (χ2v) is 6.66. The Balaban J connectivity index is 3.60. The molecule has 0 aromatic heterocycles. The minimum absolute atomic E-state index is 0.191. The van der Waals surface area contributed by atoms with Crippen molar-refractivity contribution >= 4 is 48.0 Å². The van der Waals surface area contributed by atoms with Crippen LogP contribution in [-0.4, -0.2) is 13.3 Å². The lowest BCUT2D eigenvalue weighted by molar-refractivity contribution is -0.386. The molecule has 0 amide bonds. The van der Waals surface area contributed by atoms with Crippen LogP contribution in [0.15, 0.2) is 17.0 Å². The number of nitro benzene ring substituents is 1. The third-order valence-electron chi connectivity index (χ3n) is 1.97. The minimum atomic E-state index is -3.95. The smallest absolute Gasteiger partial charge is 0.258 e. The summed E-state index contributed by atoms with van der Waals surface area (Å²) in [6.45, 7) is 1.75. The molecule has 0 aliphatic carbocycles. The molecule has 0 saturated heterocycles. The summed E-state index contributed by atoms with van der Waals surface area (Å²) in [5.41, 5.74) is 0.224. The van der Waals surface area contributed by atoms with Crippen LogP contribution in [0.5, 0.6) is 0 Å². The molecule has 0 aliphatic heterocycles. The van der Waals surface area contributed by atoms with Gasteiger partial charge < -0.3 is 0 Å². The van der Waals surface area contributed by atoms with E-state index in [1.165, 1.54) is 6.07 Å². The van der Waals surface area contributed by atoms with Crippen LogP contribution in [0, 0.1) is 13.7 Å². The van der Waals surface area contributed by atoms with E-state index in [4.69, 9.17) is 10.7 Å². The summed E-state index contributed by atoms with van der Waals surface area (Å²) < 4.78 is 22.9. The number of nitrogens with zero attached hydrogens (tertiary/aromatic N) is 1. The van der Waals surface area contributed by atoms with Crippen molar-refractivity contribution in [2.24, 2.45) is 0 Å². The van der Waals surface area contributed by atoms with E-state index in [1.54, 1.807) is 29.5 Å². The molecule has 0 radical (unpaired) electrons. The van der Waals surface area contributed by atoms with Crippen molar-refractivity contribution in [3.8, 4) is 0 Å². The maximum atomic E-state index is 11.2. The van der Waals surface area contributed by atoms with Crippen molar-refractivity contribution in [3.05, 3.63) is 31.4 Å². The number of benzene rings is 1. The third kappa shape index (κ3) is 2.83. The Kier molecular flexibility index (Phi) is 4.13. The van der Waals surface area contributed by atoms with Gasteiger partial charge in [-0.2, -0.15) is 0 Å². The van der Waals surface area contributed by atoms with E-state index in [9.17, 15) is 18.5 Å². The zero-order valence-corrected chi connectivity index (χ0v) is 11.8. The van der Waals surface area contributed by atoms with Gasteiger partial charge >= 0.3 is 0 Å². The van der Waals surface area contributed by atoms with Crippen LogP contribution in [0.4, 0.5) is 5.69 Å². The molecule has 0 heterocycles. The largest absolute Gasteiger partial charge is 0.284 e. The topological polar surface area (TPSA) is 77.3 Å². The molecule has 1 aromatic carbocycles. The lowest BCUT2D eigenvalue weighted by atomic mass is 10.1. The summed E-state index contributed by atoms with van der Waals surface area (Å²) in [6.07, 6.45) is 0.440. The van der Waals surface area contributed by atoms with Crippen LogP contribution in [0.2, 0.25) is 0 Å². The lowest BCUT2D eigenvalue weighted by Crippen LogP contribution is -2.01. The molecule has 1 rings (SSSR count). The third-order valence-corrected chi connectivity index (χ3v) is 4.24. The van der Waals surface area contributed by atoms with Crippen LogP contribution >= 0.6 is 33.3 Å². The molecule has 5 nitrogen and oxygen atoms in total. The normalized spacial score (nSPS) is 11.4. The summed E-state index contributed by atoms with van der Waals surface area (Å²) in [5.74, 6) is 0. The highest BCUT2D eigenvalue weighted by molar-refractivity contribution is 14.1. The number of nitro groups is 1. The summed E-state index contributed by atoms with van der Waals surface area (Å²) in [7, 11) is 1.26.